The number of carbonyl (C=O) groups excluding carboxylic acids is 2. The molecule has 1 aliphatic rings. The summed E-state index contributed by atoms with van der Waals surface area (Å²) < 4.78 is 5.20. The Hall–Kier alpha value is -2.74. The first-order valence-corrected chi connectivity index (χ1v) is 11.2. The van der Waals surface area contributed by atoms with Crippen LogP contribution in [0.3, 0.4) is 0 Å². The molecule has 160 valence electrons. The molecule has 0 aliphatic heterocycles. The van der Waals surface area contributed by atoms with Crippen LogP contribution in [0.1, 0.15) is 62.2 Å². The number of hydrogen-bond acceptors (Lipinski definition) is 6. The molecule has 7 nitrogen and oxygen atoms in total. The van der Waals surface area contributed by atoms with E-state index in [2.05, 4.69) is 5.32 Å². The molecular weight excluding hydrogens is 404 g/mol. The van der Waals surface area contributed by atoms with Crippen LogP contribution < -0.4 is 5.32 Å². The standard InChI is InChI=1S/C22H26N2O5S/c1-2-29-22(26)20-18(16-9-11-17(12-10-16)24(27)28)14-30-21(20)23-19(25)13-8-15-6-4-3-5-7-15/h9-12,14-15H,2-8,13H2,1H3,(H,23,25). The number of thiophene rings is 1. The molecule has 0 saturated heterocycles. The lowest BCUT2D eigenvalue weighted by atomic mass is 9.86. The lowest BCUT2D eigenvalue weighted by molar-refractivity contribution is -0.384. The van der Waals surface area contributed by atoms with Gasteiger partial charge in [0.1, 0.15) is 10.6 Å². The highest BCUT2D eigenvalue weighted by Crippen LogP contribution is 2.37. The highest BCUT2D eigenvalue weighted by atomic mass is 32.1. The number of nitrogens with zero attached hydrogens (tertiary/aromatic N) is 1. The number of rotatable bonds is 8. The summed E-state index contributed by atoms with van der Waals surface area (Å²) in [5.41, 5.74) is 1.52. The van der Waals surface area contributed by atoms with Gasteiger partial charge in [-0.25, -0.2) is 4.79 Å². The van der Waals surface area contributed by atoms with Crippen LogP contribution in [0.5, 0.6) is 0 Å². The number of hydrogen-bond donors (Lipinski definition) is 1. The first kappa shape index (κ1) is 22.0. The molecule has 3 rings (SSSR count). The summed E-state index contributed by atoms with van der Waals surface area (Å²) in [7, 11) is 0. The monoisotopic (exact) mass is 430 g/mol. The fourth-order valence-electron chi connectivity index (χ4n) is 3.83. The molecule has 1 N–H and O–H groups in total. The van der Waals surface area contributed by atoms with Crippen molar-refractivity contribution >= 4 is 33.9 Å². The number of carbonyl (C=O) groups is 2. The van der Waals surface area contributed by atoms with E-state index in [4.69, 9.17) is 4.74 Å². The fourth-order valence-corrected chi connectivity index (χ4v) is 4.80. The topological polar surface area (TPSA) is 98.5 Å². The van der Waals surface area contributed by atoms with Crippen LogP contribution in [0.25, 0.3) is 11.1 Å². The molecule has 1 aromatic heterocycles. The van der Waals surface area contributed by atoms with Crippen molar-refractivity contribution in [2.75, 3.05) is 11.9 Å². The fraction of sp³-hybridized carbons (Fsp3) is 0.455. The summed E-state index contributed by atoms with van der Waals surface area (Å²) in [6.07, 6.45) is 7.42. The molecule has 1 fully saturated rings. The van der Waals surface area contributed by atoms with Gasteiger partial charge in [0.2, 0.25) is 5.91 Å². The van der Waals surface area contributed by atoms with Crippen LogP contribution >= 0.6 is 11.3 Å². The van der Waals surface area contributed by atoms with Crippen LogP contribution in [-0.2, 0) is 9.53 Å². The predicted molar refractivity (Wildman–Crippen MR) is 117 cm³/mol. The predicted octanol–water partition coefficient (Wildman–Crippen LogP) is 5.80. The molecule has 1 aromatic carbocycles. The van der Waals surface area contributed by atoms with Crippen LogP contribution in [-0.4, -0.2) is 23.4 Å². The molecule has 1 saturated carbocycles. The number of ether oxygens (including phenoxy) is 1. The molecule has 1 heterocycles. The lowest BCUT2D eigenvalue weighted by Gasteiger charge is -2.20. The van der Waals surface area contributed by atoms with Gasteiger partial charge in [0, 0.05) is 29.5 Å². The number of esters is 1. The van der Waals surface area contributed by atoms with Crippen molar-refractivity contribution < 1.29 is 19.2 Å². The number of nitro groups is 1. The largest absolute Gasteiger partial charge is 0.462 e. The lowest BCUT2D eigenvalue weighted by Crippen LogP contribution is -2.16. The molecule has 0 radical (unpaired) electrons. The van der Waals surface area contributed by atoms with Crippen LogP contribution in [0.4, 0.5) is 10.7 Å². The zero-order valence-electron chi connectivity index (χ0n) is 17.0. The maximum atomic E-state index is 12.6. The van der Waals surface area contributed by atoms with Crippen LogP contribution in [0.2, 0.25) is 0 Å². The maximum absolute atomic E-state index is 12.6. The second kappa shape index (κ2) is 10.3. The Kier molecular flexibility index (Phi) is 7.57. The van der Waals surface area contributed by atoms with E-state index in [1.807, 2.05) is 0 Å². The molecular formula is C22H26N2O5S. The summed E-state index contributed by atoms with van der Waals surface area (Å²) >= 11 is 1.26. The normalized spacial score (nSPS) is 14.3. The average Bonchev–Trinajstić information content (AvgIpc) is 3.16. The van der Waals surface area contributed by atoms with Crippen molar-refractivity contribution in [1.29, 1.82) is 0 Å². The number of amides is 1. The number of nitro benzene ring substituents is 1. The van der Waals surface area contributed by atoms with E-state index in [0.29, 0.717) is 34.0 Å². The average molecular weight is 431 g/mol. The van der Waals surface area contributed by atoms with E-state index >= 15 is 0 Å². The number of non-ortho nitro benzene ring substituents is 1. The number of anilines is 1. The minimum atomic E-state index is -0.519. The molecule has 0 bridgehead atoms. The first-order chi connectivity index (χ1) is 14.5. The molecule has 30 heavy (non-hydrogen) atoms. The molecule has 1 aliphatic carbocycles. The van der Waals surface area contributed by atoms with Crippen molar-refractivity contribution in [1.82, 2.24) is 0 Å². The van der Waals surface area contributed by atoms with Gasteiger partial charge >= 0.3 is 5.97 Å². The van der Waals surface area contributed by atoms with Gasteiger partial charge in [-0.15, -0.1) is 11.3 Å². The minimum Gasteiger partial charge on any atom is -0.462 e. The summed E-state index contributed by atoms with van der Waals surface area (Å²) in [4.78, 5) is 35.6. The molecule has 8 heteroatoms. The summed E-state index contributed by atoms with van der Waals surface area (Å²) in [5.74, 6) is -0.0223. The summed E-state index contributed by atoms with van der Waals surface area (Å²) in [5, 5.41) is 16.0. The quantitative estimate of drug-likeness (QED) is 0.324. The van der Waals surface area contributed by atoms with Gasteiger partial charge in [0.15, 0.2) is 0 Å². The molecule has 2 aromatic rings. The van der Waals surface area contributed by atoms with Crippen molar-refractivity contribution in [3.8, 4) is 11.1 Å². The van der Waals surface area contributed by atoms with Crippen molar-refractivity contribution in [3.05, 3.63) is 45.3 Å². The third-order valence-corrected chi connectivity index (χ3v) is 6.31. The van der Waals surface area contributed by atoms with Gasteiger partial charge in [-0.05, 0) is 37.0 Å². The van der Waals surface area contributed by atoms with Crippen LogP contribution in [0, 0.1) is 16.0 Å². The Morgan fingerprint density at radius 1 is 1.20 bits per heavy atom. The Bertz CT molecular complexity index is 901. The molecule has 0 atom stereocenters. The van der Waals surface area contributed by atoms with Gasteiger partial charge in [-0.1, -0.05) is 32.1 Å². The number of benzene rings is 1. The second-order valence-electron chi connectivity index (χ2n) is 7.47. The highest BCUT2D eigenvalue weighted by Gasteiger charge is 2.23. The van der Waals surface area contributed by atoms with Crippen LogP contribution in [0.15, 0.2) is 29.6 Å². The molecule has 1 amide bonds. The van der Waals surface area contributed by atoms with Crippen molar-refractivity contribution in [2.45, 2.75) is 51.9 Å². The van der Waals surface area contributed by atoms with Gasteiger partial charge in [0.05, 0.1) is 11.5 Å². The van der Waals surface area contributed by atoms with E-state index in [1.54, 1.807) is 24.4 Å². The van der Waals surface area contributed by atoms with Gasteiger partial charge in [-0.3, -0.25) is 14.9 Å². The zero-order valence-corrected chi connectivity index (χ0v) is 17.8. The van der Waals surface area contributed by atoms with E-state index in [0.717, 1.165) is 6.42 Å². The Morgan fingerprint density at radius 3 is 2.53 bits per heavy atom. The Morgan fingerprint density at radius 2 is 1.90 bits per heavy atom. The van der Waals surface area contributed by atoms with Gasteiger partial charge < -0.3 is 10.1 Å². The van der Waals surface area contributed by atoms with E-state index in [1.165, 1.54) is 55.6 Å². The SMILES string of the molecule is CCOC(=O)c1c(-c2ccc([N+](=O)[O-])cc2)csc1NC(=O)CCC1CCCCC1. The highest BCUT2D eigenvalue weighted by molar-refractivity contribution is 7.15. The Balaban J connectivity index is 1.77. The van der Waals surface area contributed by atoms with Gasteiger partial charge in [0.25, 0.3) is 5.69 Å². The summed E-state index contributed by atoms with van der Waals surface area (Å²) in [6, 6.07) is 5.98. The van der Waals surface area contributed by atoms with E-state index in [9.17, 15) is 19.7 Å². The molecule has 0 spiro atoms. The molecule has 0 unspecified atom stereocenters. The first-order valence-electron chi connectivity index (χ1n) is 10.3. The van der Waals surface area contributed by atoms with Gasteiger partial charge in [-0.2, -0.15) is 0 Å². The Labute approximate surface area is 179 Å². The third kappa shape index (κ3) is 5.44. The third-order valence-electron chi connectivity index (χ3n) is 5.42. The van der Waals surface area contributed by atoms with Crippen molar-refractivity contribution in [2.24, 2.45) is 5.92 Å². The van der Waals surface area contributed by atoms with Crippen molar-refractivity contribution in [3.63, 3.8) is 0 Å². The smallest absolute Gasteiger partial charge is 0.341 e. The maximum Gasteiger partial charge on any atom is 0.341 e. The number of nitrogens with one attached hydrogen (secondary N) is 1. The zero-order chi connectivity index (χ0) is 21.5. The minimum absolute atomic E-state index is 0.0251. The van der Waals surface area contributed by atoms with E-state index in [-0.39, 0.29) is 18.2 Å². The van der Waals surface area contributed by atoms with E-state index < -0.39 is 10.9 Å². The summed E-state index contributed by atoms with van der Waals surface area (Å²) in [6.45, 7) is 1.93. The second-order valence-corrected chi connectivity index (χ2v) is 8.35.